The van der Waals surface area contributed by atoms with Gasteiger partial charge in [0.15, 0.2) is 5.76 Å². The molecule has 1 aliphatic heterocycles. The van der Waals surface area contributed by atoms with Crippen molar-refractivity contribution in [2.24, 2.45) is 0 Å². The Morgan fingerprint density at radius 2 is 2.60 bits per heavy atom. The van der Waals surface area contributed by atoms with Crippen LogP contribution >= 0.6 is 0 Å². The molecule has 1 saturated heterocycles. The standard InChI is InChI=1S/C11H16N2O2/c14-10(11-4-2-6-15-11)8-12-7-9-3-1-5-13-9/h2,4,6,9,12-13H,1,3,5,7-8H2/t9-/m0/s1. The second-order valence-electron chi connectivity index (χ2n) is 3.82. The summed E-state index contributed by atoms with van der Waals surface area (Å²) in [5.74, 6) is 0.444. The molecular formula is C11H16N2O2. The van der Waals surface area contributed by atoms with E-state index in [1.165, 1.54) is 19.1 Å². The number of rotatable bonds is 5. The number of carbonyl (C=O) groups is 1. The first-order valence-corrected chi connectivity index (χ1v) is 5.37. The van der Waals surface area contributed by atoms with E-state index in [1.807, 2.05) is 0 Å². The van der Waals surface area contributed by atoms with Crippen molar-refractivity contribution in [3.8, 4) is 0 Å². The van der Waals surface area contributed by atoms with Crippen molar-refractivity contribution in [3.63, 3.8) is 0 Å². The van der Waals surface area contributed by atoms with Crippen LogP contribution in [-0.2, 0) is 0 Å². The number of nitrogens with one attached hydrogen (secondary N) is 2. The summed E-state index contributed by atoms with van der Waals surface area (Å²) in [6, 6.07) is 3.94. The van der Waals surface area contributed by atoms with Gasteiger partial charge in [0.05, 0.1) is 12.8 Å². The Bertz CT molecular complexity index is 302. The van der Waals surface area contributed by atoms with Crippen LogP contribution in [-0.4, -0.2) is 31.5 Å². The molecule has 82 valence electrons. The van der Waals surface area contributed by atoms with Crippen LogP contribution in [0.3, 0.4) is 0 Å². The van der Waals surface area contributed by atoms with Crippen LogP contribution < -0.4 is 10.6 Å². The van der Waals surface area contributed by atoms with Crippen LogP contribution in [0.5, 0.6) is 0 Å². The molecule has 2 N–H and O–H groups in total. The van der Waals surface area contributed by atoms with Crippen LogP contribution in [0.1, 0.15) is 23.4 Å². The fourth-order valence-electron chi connectivity index (χ4n) is 1.82. The first kappa shape index (κ1) is 10.4. The molecule has 1 aromatic heterocycles. The molecule has 0 saturated carbocycles. The van der Waals surface area contributed by atoms with Crippen molar-refractivity contribution in [1.29, 1.82) is 0 Å². The zero-order chi connectivity index (χ0) is 10.5. The second kappa shape index (κ2) is 5.09. The number of Topliss-reactive ketones (excluding diaryl/α,β-unsaturated/α-hetero) is 1. The van der Waals surface area contributed by atoms with Crippen LogP contribution in [0.25, 0.3) is 0 Å². The van der Waals surface area contributed by atoms with Gasteiger partial charge < -0.3 is 15.1 Å². The van der Waals surface area contributed by atoms with E-state index in [0.29, 0.717) is 18.3 Å². The smallest absolute Gasteiger partial charge is 0.211 e. The number of carbonyl (C=O) groups excluding carboxylic acids is 1. The Labute approximate surface area is 89.0 Å². The van der Waals surface area contributed by atoms with Crippen LogP contribution in [0.15, 0.2) is 22.8 Å². The summed E-state index contributed by atoms with van der Waals surface area (Å²) in [6.07, 6.45) is 3.95. The van der Waals surface area contributed by atoms with Gasteiger partial charge in [0.1, 0.15) is 0 Å². The highest BCUT2D eigenvalue weighted by Crippen LogP contribution is 2.03. The van der Waals surface area contributed by atoms with Crippen molar-refractivity contribution in [2.75, 3.05) is 19.6 Å². The number of furan rings is 1. The van der Waals surface area contributed by atoms with Gasteiger partial charge in [0.2, 0.25) is 5.78 Å². The lowest BCUT2D eigenvalue weighted by molar-refractivity contribution is 0.0964. The minimum atomic E-state index is 0.0120. The van der Waals surface area contributed by atoms with Crippen molar-refractivity contribution < 1.29 is 9.21 Å². The summed E-state index contributed by atoms with van der Waals surface area (Å²) in [4.78, 5) is 11.5. The van der Waals surface area contributed by atoms with Crippen molar-refractivity contribution in [2.45, 2.75) is 18.9 Å². The Kier molecular flexibility index (Phi) is 3.53. The Balaban J connectivity index is 1.67. The Hall–Kier alpha value is -1.13. The highest BCUT2D eigenvalue weighted by atomic mass is 16.3. The second-order valence-corrected chi connectivity index (χ2v) is 3.82. The predicted octanol–water partition coefficient (Wildman–Crippen LogP) is 0.804. The van der Waals surface area contributed by atoms with Gasteiger partial charge in [-0.3, -0.25) is 4.79 Å². The average molecular weight is 208 g/mol. The van der Waals surface area contributed by atoms with Gasteiger partial charge in [-0.25, -0.2) is 0 Å². The lowest BCUT2D eigenvalue weighted by Gasteiger charge is -2.09. The molecule has 0 unspecified atom stereocenters. The van der Waals surface area contributed by atoms with Crippen molar-refractivity contribution in [3.05, 3.63) is 24.2 Å². The minimum absolute atomic E-state index is 0.0120. The fourth-order valence-corrected chi connectivity index (χ4v) is 1.82. The molecule has 0 aromatic carbocycles. The van der Waals surface area contributed by atoms with Crippen LogP contribution in [0, 0.1) is 0 Å². The molecule has 15 heavy (non-hydrogen) atoms. The summed E-state index contributed by atoms with van der Waals surface area (Å²) in [6.45, 7) is 2.30. The molecule has 0 amide bonds. The Morgan fingerprint density at radius 1 is 1.67 bits per heavy atom. The monoisotopic (exact) mass is 208 g/mol. The summed E-state index contributed by atoms with van der Waals surface area (Å²) in [5.41, 5.74) is 0. The average Bonchev–Trinajstić information content (AvgIpc) is 2.90. The van der Waals surface area contributed by atoms with Gasteiger partial charge in [0, 0.05) is 12.6 Å². The maximum Gasteiger partial charge on any atom is 0.211 e. The molecule has 0 spiro atoms. The molecule has 0 bridgehead atoms. The number of hydrogen-bond acceptors (Lipinski definition) is 4. The molecule has 1 aliphatic rings. The van der Waals surface area contributed by atoms with E-state index < -0.39 is 0 Å². The fraction of sp³-hybridized carbons (Fsp3) is 0.545. The molecule has 1 fully saturated rings. The van der Waals surface area contributed by atoms with Crippen LogP contribution in [0.2, 0.25) is 0 Å². The van der Waals surface area contributed by atoms with E-state index in [9.17, 15) is 4.79 Å². The third-order valence-electron chi connectivity index (χ3n) is 2.63. The first-order valence-electron chi connectivity index (χ1n) is 5.37. The van der Waals surface area contributed by atoms with E-state index in [2.05, 4.69) is 10.6 Å². The zero-order valence-corrected chi connectivity index (χ0v) is 8.66. The predicted molar refractivity (Wildman–Crippen MR) is 56.9 cm³/mol. The third kappa shape index (κ3) is 2.91. The minimum Gasteiger partial charge on any atom is -0.461 e. The summed E-state index contributed by atoms with van der Waals surface area (Å²) in [7, 11) is 0. The largest absolute Gasteiger partial charge is 0.461 e. The topological polar surface area (TPSA) is 54.3 Å². The van der Waals surface area contributed by atoms with Crippen LogP contribution in [0.4, 0.5) is 0 Å². The number of hydrogen-bond donors (Lipinski definition) is 2. The number of ketones is 1. The lowest BCUT2D eigenvalue weighted by atomic mass is 10.2. The van der Waals surface area contributed by atoms with Gasteiger partial charge in [0.25, 0.3) is 0 Å². The molecule has 0 aliphatic carbocycles. The van der Waals surface area contributed by atoms with Crippen molar-refractivity contribution >= 4 is 5.78 Å². The van der Waals surface area contributed by atoms with Gasteiger partial charge in [-0.05, 0) is 31.5 Å². The normalized spacial score (nSPS) is 20.7. The molecule has 1 aromatic rings. The highest BCUT2D eigenvalue weighted by molar-refractivity contribution is 5.94. The van der Waals surface area contributed by atoms with Gasteiger partial charge >= 0.3 is 0 Å². The van der Waals surface area contributed by atoms with E-state index in [4.69, 9.17) is 4.42 Å². The molecule has 2 rings (SSSR count). The molecule has 0 radical (unpaired) electrons. The van der Waals surface area contributed by atoms with Gasteiger partial charge in [-0.15, -0.1) is 0 Å². The zero-order valence-electron chi connectivity index (χ0n) is 8.66. The van der Waals surface area contributed by atoms with E-state index >= 15 is 0 Å². The van der Waals surface area contributed by atoms with E-state index in [0.717, 1.165) is 13.1 Å². The molecule has 1 atom stereocenters. The molecule has 4 nitrogen and oxygen atoms in total. The quantitative estimate of drug-likeness (QED) is 0.703. The molecule has 2 heterocycles. The molecule has 4 heteroatoms. The van der Waals surface area contributed by atoms with Gasteiger partial charge in [-0.2, -0.15) is 0 Å². The Morgan fingerprint density at radius 3 is 3.27 bits per heavy atom. The van der Waals surface area contributed by atoms with E-state index in [-0.39, 0.29) is 5.78 Å². The first-order chi connectivity index (χ1) is 7.36. The highest BCUT2D eigenvalue weighted by Gasteiger charge is 2.14. The summed E-state index contributed by atoms with van der Waals surface area (Å²) in [5, 5.41) is 6.51. The summed E-state index contributed by atoms with van der Waals surface area (Å²) >= 11 is 0. The SMILES string of the molecule is O=C(CNC[C@@H]1CCCN1)c1ccco1. The molecular weight excluding hydrogens is 192 g/mol. The van der Waals surface area contributed by atoms with Crippen molar-refractivity contribution in [1.82, 2.24) is 10.6 Å². The van der Waals surface area contributed by atoms with Gasteiger partial charge in [-0.1, -0.05) is 0 Å². The summed E-state index contributed by atoms with van der Waals surface area (Å²) < 4.78 is 5.01. The van der Waals surface area contributed by atoms with E-state index in [1.54, 1.807) is 12.1 Å². The third-order valence-corrected chi connectivity index (χ3v) is 2.63. The maximum absolute atomic E-state index is 11.5. The maximum atomic E-state index is 11.5. The lowest BCUT2D eigenvalue weighted by Crippen LogP contribution is -2.36.